The lowest BCUT2D eigenvalue weighted by Gasteiger charge is -2.19. The van der Waals surface area contributed by atoms with Crippen molar-refractivity contribution in [1.82, 2.24) is 5.32 Å². The Morgan fingerprint density at radius 1 is 0.338 bits per heavy atom. The van der Waals surface area contributed by atoms with Gasteiger partial charge in [0.2, 0.25) is 5.91 Å². The molecular formula is C64H125NO3. The topological polar surface area (TPSA) is 69.6 Å². The molecule has 0 aliphatic heterocycles. The van der Waals surface area contributed by atoms with Gasteiger partial charge in [0, 0.05) is 6.42 Å². The Morgan fingerprint density at radius 3 is 0.853 bits per heavy atom. The molecule has 0 bridgehead atoms. The summed E-state index contributed by atoms with van der Waals surface area (Å²) in [4.78, 5) is 12.5. The van der Waals surface area contributed by atoms with Gasteiger partial charge >= 0.3 is 0 Å². The van der Waals surface area contributed by atoms with Crippen molar-refractivity contribution in [3.63, 3.8) is 0 Å². The van der Waals surface area contributed by atoms with Crippen LogP contribution in [0.2, 0.25) is 0 Å². The summed E-state index contributed by atoms with van der Waals surface area (Å²) in [6.45, 7) is 4.35. The molecule has 0 rings (SSSR count). The molecule has 4 heteroatoms. The third-order valence-electron chi connectivity index (χ3n) is 14.9. The summed E-state index contributed by atoms with van der Waals surface area (Å²) < 4.78 is 0. The first-order chi connectivity index (χ1) is 33.7. The van der Waals surface area contributed by atoms with E-state index in [0.29, 0.717) is 6.42 Å². The van der Waals surface area contributed by atoms with E-state index in [1.165, 1.54) is 308 Å². The van der Waals surface area contributed by atoms with E-state index in [1.807, 2.05) is 6.08 Å². The average molecular weight is 957 g/mol. The zero-order valence-electron chi connectivity index (χ0n) is 46.7. The van der Waals surface area contributed by atoms with Gasteiger partial charge in [0.1, 0.15) is 0 Å². The number of hydrogen-bond donors (Lipinski definition) is 3. The summed E-state index contributed by atoms with van der Waals surface area (Å²) in [6, 6.07) is -0.637. The summed E-state index contributed by atoms with van der Waals surface area (Å²) in [5.74, 6) is -0.0652. The van der Waals surface area contributed by atoms with Crippen molar-refractivity contribution in [2.45, 2.75) is 373 Å². The molecule has 0 heterocycles. The molecule has 0 radical (unpaired) electrons. The quantitative estimate of drug-likeness (QED) is 0.0420. The van der Waals surface area contributed by atoms with Crippen molar-refractivity contribution in [3.8, 4) is 0 Å². The van der Waals surface area contributed by atoms with E-state index >= 15 is 0 Å². The fourth-order valence-corrected chi connectivity index (χ4v) is 10.1. The normalized spacial score (nSPS) is 12.8. The number of amides is 1. The number of rotatable bonds is 59. The van der Waals surface area contributed by atoms with Crippen LogP contribution in [0.15, 0.2) is 24.3 Å². The fourth-order valence-electron chi connectivity index (χ4n) is 10.1. The van der Waals surface area contributed by atoms with Crippen LogP contribution in [0.4, 0.5) is 0 Å². The molecule has 0 aliphatic carbocycles. The standard InChI is InChI=1S/C64H125NO3/c1-3-5-7-9-11-13-15-17-19-21-23-25-27-29-30-31-32-33-34-35-36-38-40-42-44-46-48-50-52-54-56-58-60-64(68)65-62(61-66)63(67)59-57-55-53-51-49-47-45-43-41-39-37-28-26-24-22-20-18-16-14-12-10-8-6-4-2/h49,51,57,59,62-63,66-67H,3-48,50,52-56,58,60-61H2,1-2H3,(H,65,68)/b51-49+,59-57+. The molecule has 0 aromatic heterocycles. The van der Waals surface area contributed by atoms with E-state index in [4.69, 9.17) is 0 Å². The third-order valence-corrected chi connectivity index (χ3v) is 14.9. The molecule has 1 amide bonds. The maximum absolute atomic E-state index is 12.5. The zero-order valence-corrected chi connectivity index (χ0v) is 46.7. The maximum Gasteiger partial charge on any atom is 0.220 e. The highest BCUT2D eigenvalue weighted by molar-refractivity contribution is 5.76. The van der Waals surface area contributed by atoms with Crippen LogP contribution in [-0.2, 0) is 4.79 Å². The molecule has 2 unspecified atom stereocenters. The third kappa shape index (κ3) is 55.8. The fraction of sp³-hybridized carbons (Fsp3) is 0.922. The molecule has 0 saturated heterocycles. The number of carbonyl (C=O) groups is 1. The van der Waals surface area contributed by atoms with Gasteiger partial charge < -0.3 is 15.5 Å². The van der Waals surface area contributed by atoms with Crippen molar-refractivity contribution >= 4 is 5.91 Å². The molecule has 4 nitrogen and oxygen atoms in total. The van der Waals surface area contributed by atoms with Gasteiger partial charge in [-0.1, -0.05) is 346 Å². The van der Waals surface area contributed by atoms with Gasteiger partial charge in [0.25, 0.3) is 0 Å². The van der Waals surface area contributed by atoms with E-state index < -0.39 is 12.1 Å². The minimum Gasteiger partial charge on any atom is -0.394 e. The average Bonchev–Trinajstić information content (AvgIpc) is 3.34. The number of aliphatic hydroxyl groups excluding tert-OH is 2. The molecule has 0 spiro atoms. The Balaban J connectivity index is 3.44. The van der Waals surface area contributed by atoms with Gasteiger partial charge in [-0.2, -0.15) is 0 Å². The van der Waals surface area contributed by atoms with E-state index in [-0.39, 0.29) is 12.5 Å². The van der Waals surface area contributed by atoms with E-state index in [2.05, 4.69) is 31.3 Å². The van der Waals surface area contributed by atoms with Crippen molar-refractivity contribution in [1.29, 1.82) is 0 Å². The van der Waals surface area contributed by atoms with Gasteiger partial charge in [-0.25, -0.2) is 0 Å². The highest BCUT2D eigenvalue weighted by Crippen LogP contribution is 2.19. The first-order valence-electron chi connectivity index (χ1n) is 31.6. The molecule has 0 fully saturated rings. The van der Waals surface area contributed by atoms with Gasteiger partial charge in [-0.05, 0) is 32.1 Å². The second-order valence-corrected chi connectivity index (χ2v) is 21.8. The number of aliphatic hydroxyl groups is 2. The lowest BCUT2D eigenvalue weighted by molar-refractivity contribution is -0.123. The van der Waals surface area contributed by atoms with E-state index in [9.17, 15) is 15.0 Å². The minimum atomic E-state index is -0.860. The monoisotopic (exact) mass is 956 g/mol. The van der Waals surface area contributed by atoms with Crippen LogP contribution in [0.25, 0.3) is 0 Å². The van der Waals surface area contributed by atoms with Gasteiger partial charge in [0.05, 0.1) is 18.8 Å². The van der Waals surface area contributed by atoms with Crippen LogP contribution in [0.3, 0.4) is 0 Å². The highest BCUT2D eigenvalue weighted by Gasteiger charge is 2.18. The van der Waals surface area contributed by atoms with Crippen LogP contribution in [0, 0.1) is 0 Å². The first kappa shape index (κ1) is 66.9. The largest absolute Gasteiger partial charge is 0.394 e. The molecule has 404 valence electrons. The lowest BCUT2D eigenvalue weighted by Crippen LogP contribution is -2.45. The Labute approximate surface area is 428 Å². The summed E-state index contributed by atoms with van der Waals surface area (Å²) >= 11 is 0. The SMILES string of the molecule is CCCCCCCCCCCCCCCCCCCC/C=C/CC/C=C/C(O)C(CO)NC(=O)CCCCCCCCCCCCCCCCCCCCCCCCCCCCCCCCCC. The zero-order chi connectivity index (χ0) is 49.2. The molecule has 68 heavy (non-hydrogen) atoms. The van der Waals surface area contributed by atoms with Gasteiger partial charge in [0.15, 0.2) is 0 Å². The van der Waals surface area contributed by atoms with Crippen LogP contribution >= 0.6 is 0 Å². The van der Waals surface area contributed by atoms with Gasteiger partial charge in [-0.3, -0.25) is 4.79 Å². The van der Waals surface area contributed by atoms with Crippen molar-refractivity contribution < 1.29 is 15.0 Å². The number of allylic oxidation sites excluding steroid dienone is 3. The van der Waals surface area contributed by atoms with Crippen molar-refractivity contribution in [3.05, 3.63) is 24.3 Å². The molecule has 0 aliphatic rings. The Kier molecular flexibility index (Phi) is 59.2. The van der Waals surface area contributed by atoms with E-state index in [0.717, 1.165) is 32.1 Å². The number of hydrogen-bond acceptors (Lipinski definition) is 3. The molecule has 0 aromatic rings. The van der Waals surface area contributed by atoms with Crippen molar-refractivity contribution in [2.24, 2.45) is 0 Å². The molecule has 0 saturated carbocycles. The summed E-state index contributed by atoms with van der Waals surface area (Å²) in [5.41, 5.74) is 0. The predicted molar refractivity (Wildman–Crippen MR) is 304 cm³/mol. The molecule has 0 aromatic carbocycles. The molecule has 3 N–H and O–H groups in total. The second-order valence-electron chi connectivity index (χ2n) is 21.8. The van der Waals surface area contributed by atoms with Crippen LogP contribution in [0.5, 0.6) is 0 Å². The molecule has 2 atom stereocenters. The van der Waals surface area contributed by atoms with Crippen LogP contribution in [0.1, 0.15) is 361 Å². The first-order valence-corrected chi connectivity index (χ1v) is 31.6. The Bertz CT molecular complexity index is 994. The number of nitrogens with one attached hydrogen (secondary N) is 1. The maximum atomic E-state index is 12.5. The number of carbonyl (C=O) groups excluding carboxylic acids is 1. The lowest BCUT2D eigenvalue weighted by atomic mass is 10.0. The van der Waals surface area contributed by atoms with Crippen LogP contribution < -0.4 is 5.32 Å². The summed E-state index contributed by atoms with van der Waals surface area (Å²) in [6.07, 6.45) is 81.0. The van der Waals surface area contributed by atoms with Gasteiger partial charge in [-0.15, -0.1) is 0 Å². The van der Waals surface area contributed by atoms with Crippen molar-refractivity contribution in [2.75, 3.05) is 6.61 Å². The smallest absolute Gasteiger partial charge is 0.220 e. The Hall–Kier alpha value is -1.13. The predicted octanol–water partition coefficient (Wildman–Crippen LogP) is 21.0. The second kappa shape index (κ2) is 60.2. The van der Waals surface area contributed by atoms with E-state index in [1.54, 1.807) is 6.08 Å². The minimum absolute atomic E-state index is 0.0652. The highest BCUT2D eigenvalue weighted by atomic mass is 16.3. The number of unbranched alkanes of at least 4 members (excludes halogenated alkanes) is 50. The summed E-state index contributed by atoms with van der Waals surface area (Å²) in [7, 11) is 0. The Morgan fingerprint density at radius 2 is 0.574 bits per heavy atom. The summed E-state index contributed by atoms with van der Waals surface area (Å²) in [5, 5.41) is 23.2. The molecular weight excluding hydrogens is 831 g/mol. The van der Waals surface area contributed by atoms with Crippen LogP contribution in [-0.4, -0.2) is 34.9 Å².